The molecule has 0 saturated carbocycles. The second-order valence-corrected chi connectivity index (χ2v) is 3.76. The van der Waals surface area contributed by atoms with Gasteiger partial charge in [-0.25, -0.2) is 9.37 Å². The van der Waals surface area contributed by atoms with Gasteiger partial charge in [0, 0.05) is 12.6 Å². The van der Waals surface area contributed by atoms with Crippen molar-refractivity contribution in [2.45, 2.75) is 13.5 Å². The molecule has 0 radical (unpaired) electrons. The largest absolute Gasteiger partial charge is 0.491 e. The van der Waals surface area contributed by atoms with Crippen molar-refractivity contribution in [2.24, 2.45) is 12.8 Å². The summed E-state index contributed by atoms with van der Waals surface area (Å²) >= 11 is 0. The molecule has 2 aromatic rings. The summed E-state index contributed by atoms with van der Waals surface area (Å²) in [6.45, 7) is 2.53. The molecule has 0 aliphatic heterocycles. The molecule has 0 aliphatic carbocycles. The molecule has 0 atom stereocenters. The van der Waals surface area contributed by atoms with Gasteiger partial charge >= 0.3 is 0 Å². The predicted octanol–water partition coefficient (Wildman–Crippen LogP) is 1.48. The minimum absolute atomic E-state index is 0.233. The van der Waals surface area contributed by atoms with Gasteiger partial charge in [-0.15, -0.1) is 0 Å². The van der Waals surface area contributed by atoms with E-state index in [1.165, 1.54) is 6.07 Å². The van der Waals surface area contributed by atoms with Crippen LogP contribution >= 0.6 is 0 Å². The van der Waals surface area contributed by atoms with Gasteiger partial charge in [0.25, 0.3) is 0 Å². The Balaban J connectivity index is 2.35. The van der Waals surface area contributed by atoms with Crippen LogP contribution in [-0.2, 0) is 13.6 Å². The average Bonchev–Trinajstić information content (AvgIpc) is 2.73. The van der Waals surface area contributed by atoms with Crippen molar-refractivity contribution in [2.75, 3.05) is 6.61 Å². The van der Waals surface area contributed by atoms with Gasteiger partial charge in [0.2, 0.25) is 0 Å². The van der Waals surface area contributed by atoms with Gasteiger partial charge in [-0.05, 0) is 25.1 Å². The van der Waals surface area contributed by atoms with Crippen LogP contribution in [0, 0.1) is 5.82 Å². The number of hydrogen-bond donors (Lipinski definition) is 1. The van der Waals surface area contributed by atoms with Crippen LogP contribution in [0.2, 0.25) is 0 Å². The van der Waals surface area contributed by atoms with Crippen LogP contribution in [0.1, 0.15) is 12.7 Å². The number of benzene rings is 1. The van der Waals surface area contributed by atoms with E-state index >= 15 is 0 Å². The summed E-state index contributed by atoms with van der Waals surface area (Å²) < 4.78 is 20.4. The third kappa shape index (κ3) is 2.33. The fourth-order valence-corrected chi connectivity index (χ4v) is 1.63. The third-order valence-corrected chi connectivity index (χ3v) is 2.53. The van der Waals surface area contributed by atoms with Gasteiger partial charge in [-0.2, -0.15) is 5.10 Å². The summed E-state index contributed by atoms with van der Waals surface area (Å²) in [5, 5.41) is 4.19. The molecule has 2 rings (SSSR count). The minimum Gasteiger partial charge on any atom is -0.491 e. The summed E-state index contributed by atoms with van der Waals surface area (Å²) in [6.07, 6.45) is 0. The lowest BCUT2D eigenvalue weighted by Crippen LogP contribution is -2.05. The van der Waals surface area contributed by atoms with E-state index in [0.717, 1.165) is 0 Å². The predicted molar refractivity (Wildman–Crippen MR) is 65.5 cm³/mol. The third-order valence-electron chi connectivity index (χ3n) is 2.53. The molecule has 0 fully saturated rings. The maximum absolute atomic E-state index is 13.7. The monoisotopic (exact) mass is 250 g/mol. The van der Waals surface area contributed by atoms with Crippen LogP contribution in [0.25, 0.3) is 11.4 Å². The van der Waals surface area contributed by atoms with E-state index in [-0.39, 0.29) is 5.75 Å². The molecule has 1 aromatic heterocycles. The van der Waals surface area contributed by atoms with Gasteiger partial charge in [-0.1, -0.05) is 0 Å². The Morgan fingerprint density at radius 3 is 2.78 bits per heavy atom. The molecule has 0 spiro atoms. The first-order valence-corrected chi connectivity index (χ1v) is 5.68. The zero-order valence-electron chi connectivity index (χ0n) is 10.4. The highest BCUT2D eigenvalue weighted by Crippen LogP contribution is 2.23. The van der Waals surface area contributed by atoms with E-state index in [0.29, 0.717) is 30.4 Å². The van der Waals surface area contributed by atoms with Crippen molar-refractivity contribution in [3.8, 4) is 17.1 Å². The molecule has 18 heavy (non-hydrogen) atoms. The van der Waals surface area contributed by atoms with Crippen LogP contribution in [0.5, 0.6) is 5.75 Å². The Kier molecular flexibility index (Phi) is 3.57. The number of ether oxygens (including phenoxy) is 1. The highest BCUT2D eigenvalue weighted by Gasteiger charge is 2.11. The van der Waals surface area contributed by atoms with Gasteiger partial charge in [0.1, 0.15) is 5.82 Å². The normalized spacial score (nSPS) is 10.7. The van der Waals surface area contributed by atoms with Crippen LogP contribution in [0.3, 0.4) is 0 Å². The minimum atomic E-state index is -0.420. The number of nitrogens with two attached hydrogens (primary N) is 1. The summed E-state index contributed by atoms with van der Waals surface area (Å²) in [7, 11) is 1.75. The molecule has 0 bridgehead atoms. The Hall–Kier alpha value is -1.95. The molecule has 0 amide bonds. The lowest BCUT2D eigenvalue weighted by molar-refractivity contribution is 0.321. The molecule has 96 valence electrons. The zero-order chi connectivity index (χ0) is 13.1. The SMILES string of the molecule is CCOc1ccc(-c2nc(CN)n(C)n2)cc1F. The molecular formula is C12H15FN4O. The second-order valence-electron chi connectivity index (χ2n) is 3.76. The van der Waals surface area contributed by atoms with Crippen molar-refractivity contribution in [3.63, 3.8) is 0 Å². The molecule has 0 aliphatic rings. The van der Waals surface area contributed by atoms with Crippen molar-refractivity contribution in [3.05, 3.63) is 29.8 Å². The molecule has 0 saturated heterocycles. The van der Waals surface area contributed by atoms with Crippen molar-refractivity contribution >= 4 is 0 Å². The maximum Gasteiger partial charge on any atom is 0.181 e. The number of nitrogens with zero attached hydrogens (tertiary/aromatic N) is 3. The summed E-state index contributed by atoms with van der Waals surface area (Å²) in [6, 6.07) is 4.66. The van der Waals surface area contributed by atoms with Gasteiger partial charge in [0.15, 0.2) is 17.4 Å². The molecule has 2 N–H and O–H groups in total. The first kappa shape index (κ1) is 12.5. The lowest BCUT2D eigenvalue weighted by Gasteiger charge is -2.04. The van der Waals surface area contributed by atoms with Crippen LogP contribution in [-0.4, -0.2) is 21.4 Å². The standard InChI is InChI=1S/C12H15FN4O/c1-3-18-10-5-4-8(6-9(10)13)12-15-11(7-14)17(2)16-12/h4-6H,3,7,14H2,1-2H3. The smallest absolute Gasteiger partial charge is 0.181 e. The van der Waals surface area contributed by atoms with E-state index in [2.05, 4.69) is 10.1 Å². The summed E-state index contributed by atoms with van der Waals surface area (Å²) in [5.74, 6) is 0.923. The molecular weight excluding hydrogens is 235 g/mol. The number of aromatic nitrogens is 3. The highest BCUT2D eigenvalue weighted by molar-refractivity contribution is 5.56. The van der Waals surface area contributed by atoms with Gasteiger partial charge < -0.3 is 10.5 Å². The zero-order valence-corrected chi connectivity index (χ0v) is 10.4. The number of halogens is 1. The first-order chi connectivity index (χ1) is 8.65. The molecule has 6 heteroatoms. The van der Waals surface area contributed by atoms with Crippen molar-refractivity contribution < 1.29 is 9.13 Å². The Morgan fingerprint density at radius 2 is 2.22 bits per heavy atom. The Labute approximate surface area is 104 Å². The fourth-order valence-electron chi connectivity index (χ4n) is 1.63. The maximum atomic E-state index is 13.7. The number of aryl methyl sites for hydroxylation is 1. The second kappa shape index (κ2) is 5.14. The van der Waals surface area contributed by atoms with E-state index in [1.807, 2.05) is 0 Å². The van der Waals surface area contributed by atoms with Gasteiger partial charge in [-0.3, -0.25) is 4.68 Å². The van der Waals surface area contributed by atoms with Crippen LogP contribution in [0.4, 0.5) is 4.39 Å². The molecule has 5 nitrogen and oxygen atoms in total. The molecule has 1 aromatic carbocycles. The van der Waals surface area contributed by atoms with E-state index in [1.54, 1.807) is 30.8 Å². The van der Waals surface area contributed by atoms with Gasteiger partial charge in [0.05, 0.1) is 13.2 Å². The number of hydrogen-bond acceptors (Lipinski definition) is 4. The highest BCUT2D eigenvalue weighted by atomic mass is 19.1. The first-order valence-electron chi connectivity index (χ1n) is 5.68. The van der Waals surface area contributed by atoms with Crippen molar-refractivity contribution in [1.29, 1.82) is 0 Å². The summed E-state index contributed by atoms with van der Waals surface area (Å²) in [5.41, 5.74) is 6.12. The molecule has 0 unspecified atom stereocenters. The van der Waals surface area contributed by atoms with E-state index in [9.17, 15) is 4.39 Å². The van der Waals surface area contributed by atoms with E-state index in [4.69, 9.17) is 10.5 Å². The Morgan fingerprint density at radius 1 is 1.44 bits per heavy atom. The van der Waals surface area contributed by atoms with E-state index < -0.39 is 5.82 Å². The fraction of sp³-hybridized carbons (Fsp3) is 0.333. The van der Waals surface area contributed by atoms with Crippen LogP contribution < -0.4 is 10.5 Å². The Bertz CT molecular complexity index is 553. The van der Waals surface area contributed by atoms with Crippen LogP contribution in [0.15, 0.2) is 18.2 Å². The topological polar surface area (TPSA) is 66.0 Å². The summed E-state index contributed by atoms with van der Waals surface area (Å²) in [4.78, 5) is 4.23. The average molecular weight is 250 g/mol. The van der Waals surface area contributed by atoms with Crippen molar-refractivity contribution in [1.82, 2.24) is 14.8 Å². The number of rotatable bonds is 4. The quantitative estimate of drug-likeness (QED) is 0.892. The lowest BCUT2D eigenvalue weighted by atomic mass is 10.2. The molecule has 1 heterocycles.